The molecule has 0 radical (unpaired) electrons. The number of aromatic hydroxyl groups is 1. The van der Waals surface area contributed by atoms with E-state index in [1.807, 2.05) is 67.5 Å². The molecule has 7 amide bonds. The Morgan fingerprint density at radius 2 is 1.42 bits per heavy atom. The van der Waals surface area contributed by atoms with Gasteiger partial charge in [-0.2, -0.15) is 0 Å². The van der Waals surface area contributed by atoms with E-state index in [-0.39, 0.29) is 49.3 Å². The summed E-state index contributed by atoms with van der Waals surface area (Å²) < 4.78 is 11.4. The second kappa shape index (κ2) is 26.3. The van der Waals surface area contributed by atoms with Crippen LogP contribution in [-0.2, 0) is 39.9 Å². The molecule has 3 saturated heterocycles. The number of amides is 7. The first-order valence-corrected chi connectivity index (χ1v) is 26.4. The monoisotopic (exact) mass is 1100 g/mol. The van der Waals surface area contributed by atoms with E-state index >= 15 is 0 Å². The number of ether oxygens (including phenoxy) is 2. The molecule has 1 aliphatic carbocycles. The summed E-state index contributed by atoms with van der Waals surface area (Å²) in [6.45, 7) is 1.58. The van der Waals surface area contributed by atoms with Gasteiger partial charge < -0.3 is 92.2 Å². The Labute approximate surface area is 456 Å². The first-order chi connectivity index (χ1) is 37.5. The third-order valence-electron chi connectivity index (χ3n) is 14.8. The smallest absolute Gasteiger partial charge is 0.407 e. The van der Waals surface area contributed by atoms with E-state index in [0.717, 1.165) is 32.1 Å². The first kappa shape index (κ1) is 59.7. The maximum atomic E-state index is 14.9. The molecule has 3 fully saturated rings. The fourth-order valence-corrected chi connectivity index (χ4v) is 10.5. The van der Waals surface area contributed by atoms with E-state index in [2.05, 4.69) is 26.6 Å². The van der Waals surface area contributed by atoms with E-state index in [4.69, 9.17) is 15.2 Å². The Morgan fingerprint density at radius 1 is 0.785 bits per heavy atom. The number of carbonyl (C=O) groups excluding carboxylic acids is 7. The third-order valence-corrected chi connectivity index (χ3v) is 14.8. The molecule has 79 heavy (non-hydrogen) atoms. The van der Waals surface area contributed by atoms with Gasteiger partial charge >= 0.3 is 6.09 Å². The second-order valence-corrected chi connectivity index (χ2v) is 21.1. The zero-order valence-electron chi connectivity index (χ0n) is 44.4. The fraction of sp³-hybridized carbons (Fsp3) is 0.537. The van der Waals surface area contributed by atoms with Crippen LogP contribution in [0.15, 0.2) is 66.7 Å². The molecule has 7 rings (SSSR count). The van der Waals surface area contributed by atoms with Crippen LogP contribution in [0.25, 0.3) is 11.1 Å². The van der Waals surface area contributed by atoms with E-state index in [1.165, 1.54) is 32.0 Å². The van der Waals surface area contributed by atoms with Crippen molar-refractivity contribution in [2.45, 2.75) is 118 Å². The Bertz CT molecular complexity index is 2650. The highest BCUT2D eigenvalue weighted by molar-refractivity contribution is 5.98. The van der Waals surface area contributed by atoms with Crippen molar-refractivity contribution in [2.24, 2.45) is 11.7 Å². The molecule has 25 nitrogen and oxygen atoms in total. The molecule has 430 valence electrons. The normalized spacial score (nSPS) is 27.5. The molecule has 3 aliphatic heterocycles. The Kier molecular flexibility index (Phi) is 19.9. The summed E-state index contributed by atoms with van der Waals surface area (Å²) in [7, 11) is 3.63. The number of benzene rings is 3. The zero-order valence-corrected chi connectivity index (χ0v) is 44.4. The van der Waals surface area contributed by atoms with Crippen molar-refractivity contribution in [1.82, 2.24) is 41.3 Å². The molecule has 0 unspecified atom stereocenters. The number of nitrogens with one attached hydrogen (secondary N) is 5. The predicted octanol–water partition coefficient (Wildman–Crippen LogP) is -3.26. The van der Waals surface area contributed by atoms with Crippen molar-refractivity contribution in [3.05, 3.63) is 83.4 Å². The second-order valence-electron chi connectivity index (χ2n) is 21.1. The van der Waals surface area contributed by atoms with E-state index in [9.17, 15) is 69.3 Å². The molecule has 0 aromatic heterocycles. The number of alkyl carbamates (subject to hydrolysis) is 1. The summed E-state index contributed by atoms with van der Waals surface area (Å²) in [6, 6.07) is 8.87. The molecular formula is C54H73N9O16. The Hall–Kier alpha value is -6.97. The van der Waals surface area contributed by atoms with Gasteiger partial charge in [0.1, 0.15) is 43.4 Å². The number of hydrogen-bond donors (Lipinski definition) is 13. The quantitative estimate of drug-likeness (QED) is 0.0754. The average Bonchev–Trinajstić information content (AvgIpc) is 4.11. The lowest BCUT2D eigenvalue weighted by Gasteiger charge is -2.34. The molecule has 0 spiro atoms. The van der Waals surface area contributed by atoms with E-state index in [1.54, 1.807) is 0 Å². The lowest BCUT2D eigenvalue weighted by Crippen LogP contribution is -2.64. The van der Waals surface area contributed by atoms with Crippen LogP contribution in [0.5, 0.6) is 11.5 Å². The molecule has 4 aliphatic rings. The minimum absolute atomic E-state index is 0.0253. The van der Waals surface area contributed by atoms with Crippen molar-refractivity contribution < 1.29 is 78.8 Å². The Balaban J connectivity index is 1.19. The molecule has 0 bridgehead atoms. The van der Waals surface area contributed by atoms with Crippen LogP contribution < -0.4 is 37.1 Å². The van der Waals surface area contributed by atoms with Gasteiger partial charge in [0.2, 0.25) is 35.4 Å². The first-order valence-electron chi connectivity index (χ1n) is 26.4. The van der Waals surface area contributed by atoms with Gasteiger partial charge in [0, 0.05) is 57.4 Å². The van der Waals surface area contributed by atoms with Crippen LogP contribution in [-0.4, -0.2) is 225 Å². The van der Waals surface area contributed by atoms with Gasteiger partial charge in [-0.1, -0.05) is 61.5 Å². The van der Waals surface area contributed by atoms with Crippen LogP contribution in [0.2, 0.25) is 0 Å². The lowest BCUT2D eigenvalue weighted by atomic mass is 9.98. The zero-order chi connectivity index (χ0) is 57.4. The van der Waals surface area contributed by atoms with Crippen molar-refractivity contribution in [1.29, 1.82) is 0 Å². The van der Waals surface area contributed by atoms with Gasteiger partial charge in [-0.3, -0.25) is 28.8 Å². The molecule has 3 heterocycles. The number of rotatable bonds is 14. The van der Waals surface area contributed by atoms with Gasteiger partial charge in [-0.25, -0.2) is 4.79 Å². The third kappa shape index (κ3) is 14.3. The van der Waals surface area contributed by atoms with Gasteiger partial charge in [0.05, 0.1) is 42.7 Å². The topological polar surface area (TPSA) is 375 Å². The SMILES string of the molecule is C[C@@H](O)[C@@H]1NC(=O)[C@@H](N)C[C@@H](O)CNC(=O)[C@@H]2[C@@H](O)[C@@H](C)CN2C(=O)[C@H]([C@H](O)CCNC(=O)OCC2c3ccccc3-c3ccccc32)NC(=O)[C@H]([C@H](O)Cc2ccc(O)c(OCCN(C)C)c2)NC(=O)[C@@H]2C[C@@H](O)CN2C1=O. The minimum Gasteiger partial charge on any atom is -0.504 e. The van der Waals surface area contributed by atoms with Gasteiger partial charge in [0.25, 0.3) is 0 Å². The molecule has 3 aromatic carbocycles. The number of hydrogen-bond acceptors (Lipinski definition) is 18. The molecule has 0 saturated carbocycles. The van der Waals surface area contributed by atoms with Crippen molar-refractivity contribution in [3.8, 4) is 22.6 Å². The predicted molar refractivity (Wildman–Crippen MR) is 281 cm³/mol. The lowest BCUT2D eigenvalue weighted by molar-refractivity contribution is -0.147. The van der Waals surface area contributed by atoms with Gasteiger partial charge in [-0.15, -0.1) is 0 Å². The van der Waals surface area contributed by atoms with E-state index < -0.39 is 159 Å². The number of fused-ring (bicyclic) bond motifs is 5. The van der Waals surface area contributed by atoms with Gasteiger partial charge in [-0.05, 0) is 73.8 Å². The standard InChI is InChI=1S/C54H73N9O16/c1-27-24-63-46(47(27)70)51(74)57-23-30(65)21-37(55)48(71)58-43(28(2)64)52(75)62-25-31(66)22-38(62)49(72)59-44(41(69)19-29-13-14-39(67)42(20-29)78-18-17-61(3)4)50(73)60-45(53(63)76)40(68)15-16-56-54(77)79-26-36-34-11-7-5-9-32(34)33-10-6-8-12-35(33)36/h5-14,20,27-28,30-31,36-38,40-41,43-47,64-70H,15-19,21-26,55H2,1-4H3,(H,56,77)(H,57,74)(H,58,71)(H,59,72)(H,60,73)/t27-,28+,30+,31+,37-,38-,40+,41+,43-,44-,45-,46-,47-/m0/s1. The summed E-state index contributed by atoms with van der Waals surface area (Å²) in [5, 5.41) is 90.8. The van der Waals surface area contributed by atoms with Crippen LogP contribution in [0.1, 0.15) is 55.7 Å². The summed E-state index contributed by atoms with van der Waals surface area (Å²) in [6.07, 6.45) is -12.5. The number of phenolic OH excluding ortho intramolecular Hbond substituents is 1. The minimum atomic E-state index is -2.06. The summed E-state index contributed by atoms with van der Waals surface area (Å²) >= 11 is 0. The number of carbonyl (C=O) groups is 7. The number of likely N-dealkylation sites (N-methyl/N-ethyl adjacent to an activating group) is 1. The fourth-order valence-electron chi connectivity index (χ4n) is 10.5. The maximum Gasteiger partial charge on any atom is 0.407 e. The summed E-state index contributed by atoms with van der Waals surface area (Å²) in [4.78, 5) is 103. The highest BCUT2D eigenvalue weighted by Crippen LogP contribution is 2.44. The van der Waals surface area contributed by atoms with Crippen LogP contribution in [0, 0.1) is 5.92 Å². The van der Waals surface area contributed by atoms with Gasteiger partial charge in [0.15, 0.2) is 11.5 Å². The molecule has 13 atom stereocenters. The number of nitrogens with two attached hydrogens (primary N) is 1. The van der Waals surface area contributed by atoms with Crippen LogP contribution in [0.3, 0.4) is 0 Å². The molecule has 25 heteroatoms. The average molecular weight is 1100 g/mol. The highest BCUT2D eigenvalue weighted by Gasteiger charge is 2.50. The van der Waals surface area contributed by atoms with Crippen molar-refractivity contribution >= 4 is 41.5 Å². The number of β-amino-alcohol motifs (C(OH)–C–C–N with tert-alkyl or cyclic N) is 1. The number of phenols is 1. The Morgan fingerprint density at radius 3 is 2.08 bits per heavy atom. The van der Waals surface area contributed by atoms with Crippen LogP contribution >= 0.6 is 0 Å². The molecular weight excluding hydrogens is 1030 g/mol. The summed E-state index contributed by atoms with van der Waals surface area (Å²) in [5.41, 5.74) is 10.3. The largest absolute Gasteiger partial charge is 0.504 e. The number of aliphatic hydroxyl groups excluding tert-OH is 6. The van der Waals surface area contributed by atoms with E-state index in [0.29, 0.717) is 6.54 Å². The highest BCUT2D eigenvalue weighted by atomic mass is 16.5. The maximum absolute atomic E-state index is 14.9. The van der Waals surface area contributed by atoms with Crippen LogP contribution in [0.4, 0.5) is 4.79 Å². The molecule has 3 aromatic rings. The number of nitrogens with zero attached hydrogens (tertiary/aromatic N) is 3. The number of aliphatic hydroxyl groups is 6. The molecule has 14 N–H and O–H groups in total. The van der Waals surface area contributed by atoms with Crippen molar-refractivity contribution in [2.75, 3.05) is 60.0 Å². The summed E-state index contributed by atoms with van der Waals surface area (Å²) in [5.74, 6) is -7.85. The van der Waals surface area contributed by atoms with Crippen molar-refractivity contribution in [3.63, 3.8) is 0 Å².